The summed E-state index contributed by atoms with van der Waals surface area (Å²) in [6.07, 6.45) is -2.17. The lowest BCUT2D eigenvalue weighted by Gasteiger charge is -2.09. The zero-order valence-corrected chi connectivity index (χ0v) is 16.2. The van der Waals surface area contributed by atoms with Crippen LogP contribution in [0.25, 0.3) is 12.2 Å². The van der Waals surface area contributed by atoms with E-state index in [4.69, 9.17) is 0 Å². The number of halogens is 4. The van der Waals surface area contributed by atoms with Crippen LogP contribution in [0.5, 0.6) is 0 Å². The predicted molar refractivity (Wildman–Crippen MR) is 99.6 cm³/mol. The topological polar surface area (TPSA) is 85.1 Å². The molecule has 0 radical (unpaired) electrons. The predicted octanol–water partition coefficient (Wildman–Crippen LogP) is 4.82. The van der Waals surface area contributed by atoms with Crippen LogP contribution in [0, 0.1) is 0 Å². The van der Waals surface area contributed by atoms with E-state index in [0.717, 1.165) is 0 Å². The number of hydrogen-bond acceptors (Lipinski definition) is 5. The molecule has 0 aliphatic rings. The van der Waals surface area contributed by atoms with Crippen LogP contribution in [0.15, 0.2) is 62.4 Å². The third-order valence-electron chi connectivity index (χ3n) is 3.35. The summed E-state index contributed by atoms with van der Waals surface area (Å²) in [4.78, 5) is 3.19. The molecule has 0 aliphatic carbocycles. The molecule has 0 spiro atoms. The van der Waals surface area contributed by atoms with Crippen molar-refractivity contribution in [3.63, 3.8) is 0 Å². The lowest BCUT2D eigenvalue weighted by Crippen LogP contribution is -2.12. The Kier molecular flexibility index (Phi) is 5.57. The maximum absolute atomic E-state index is 12.5. The summed E-state index contributed by atoms with van der Waals surface area (Å²) < 4.78 is 69.7. The van der Waals surface area contributed by atoms with E-state index in [0.29, 0.717) is 15.7 Å². The van der Waals surface area contributed by atoms with Crippen molar-refractivity contribution in [2.75, 3.05) is 4.72 Å². The number of alkyl halides is 3. The Bertz CT molecular complexity index is 1130. The largest absolute Gasteiger partial charge is 0.471 e. The Labute approximate surface area is 166 Å². The van der Waals surface area contributed by atoms with Crippen molar-refractivity contribution in [2.24, 2.45) is 0 Å². The molecule has 2 aromatic carbocycles. The lowest BCUT2D eigenvalue weighted by atomic mass is 10.2. The molecule has 28 heavy (non-hydrogen) atoms. The molecule has 11 heteroatoms. The van der Waals surface area contributed by atoms with E-state index in [1.54, 1.807) is 30.3 Å². The minimum absolute atomic E-state index is 0.0151. The summed E-state index contributed by atoms with van der Waals surface area (Å²) in [6.45, 7) is 0. The first-order valence-electron chi connectivity index (χ1n) is 7.61. The zero-order chi connectivity index (χ0) is 20.4. The molecule has 0 amide bonds. The van der Waals surface area contributed by atoms with Crippen LogP contribution in [0.4, 0.5) is 18.9 Å². The standard InChI is InChI=1S/C17H11BrF3N3O3S/c18-12-4-2-5-13(10-12)24-28(25,26)14-6-1-3-11(9-14)7-8-15-22-16(27-23-15)17(19,20)21/h1-10,24H. The van der Waals surface area contributed by atoms with Gasteiger partial charge in [0.15, 0.2) is 5.82 Å². The summed E-state index contributed by atoms with van der Waals surface area (Å²) in [5.74, 6) is -1.74. The molecule has 1 aromatic heterocycles. The smallest absolute Gasteiger partial charge is 0.329 e. The third-order valence-corrected chi connectivity index (χ3v) is 5.23. The number of aromatic nitrogens is 2. The van der Waals surface area contributed by atoms with E-state index >= 15 is 0 Å². The number of hydrogen-bond donors (Lipinski definition) is 1. The molecule has 3 rings (SSSR count). The first-order valence-corrected chi connectivity index (χ1v) is 9.88. The molecule has 1 heterocycles. The number of rotatable bonds is 5. The molecule has 0 saturated heterocycles. The fourth-order valence-electron chi connectivity index (χ4n) is 2.14. The third kappa shape index (κ3) is 4.98. The van der Waals surface area contributed by atoms with E-state index in [1.165, 1.54) is 30.4 Å². The summed E-state index contributed by atoms with van der Waals surface area (Å²) in [5.41, 5.74) is 0.803. The van der Waals surface area contributed by atoms with Gasteiger partial charge in [-0.2, -0.15) is 18.2 Å². The van der Waals surface area contributed by atoms with E-state index in [1.807, 2.05) is 0 Å². The fourth-order valence-corrected chi connectivity index (χ4v) is 3.64. The SMILES string of the molecule is O=S(=O)(Nc1cccc(Br)c1)c1cccc(C=Cc2noc(C(F)(F)F)n2)c1. The Morgan fingerprint density at radius 2 is 1.82 bits per heavy atom. The average Bonchev–Trinajstić information content (AvgIpc) is 3.09. The first-order chi connectivity index (χ1) is 13.1. The number of nitrogens with zero attached hydrogens (tertiary/aromatic N) is 2. The van der Waals surface area contributed by atoms with Gasteiger partial charge < -0.3 is 4.52 Å². The number of benzene rings is 2. The minimum Gasteiger partial charge on any atom is -0.329 e. The molecule has 0 fully saturated rings. The van der Waals surface area contributed by atoms with E-state index in [-0.39, 0.29) is 10.7 Å². The van der Waals surface area contributed by atoms with Gasteiger partial charge in [-0.1, -0.05) is 45.4 Å². The van der Waals surface area contributed by atoms with E-state index < -0.39 is 22.1 Å². The lowest BCUT2D eigenvalue weighted by molar-refractivity contribution is -0.159. The van der Waals surface area contributed by atoms with Gasteiger partial charge in [0.05, 0.1) is 4.90 Å². The maximum atomic E-state index is 12.5. The van der Waals surface area contributed by atoms with E-state index in [2.05, 4.69) is 35.3 Å². The molecule has 6 nitrogen and oxygen atoms in total. The quantitative estimate of drug-likeness (QED) is 0.573. The second kappa shape index (κ2) is 7.76. The highest BCUT2D eigenvalue weighted by atomic mass is 79.9. The molecule has 0 saturated carbocycles. The van der Waals surface area contributed by atoms with Gasteiger partial charge in [0, 0.05) is 10.2 Å². The van der Waals surface area contributed by atoms with Crippen LogP contribution in [0.1, 0.15) is 17.3 Å². The number of anilines is 1. The van der Waals surface area contributed by atoms with Crippen molar-refractivity contribution in [1.82, 2.24) is 10.1 Å². The summed E-state index contributed by atoms with van der Waals surface area (Å²) in [7, 11) is -3.85. The maximum Gasteiger partial charge on any atom is 0.471 e. The molecule has 1 N–H and O–H groups in total. The van der Waals surface area contributed by atoms with Crippen molar-refractivity contribution in [1.29, 1.82) is 0 Å². The molecule has 0 unspecified atom stereocenters. The highest BCUT2D eigenvalue weighted by Gasteiger charge is 2.38. The summed E-state index contributed by atoms with van der Waals surface area (Å²) >= 11 is 3.26. The molecule has 146 valence electrons. The Balaban J connectivity index is 1.80. The van der Waals surface area contributed by atoms with Crippen LogP contribution < -0.4 is 4.72 Å². The van der Waals surface area contributed by atoms with Crippen LogP contribution in [0.3, 0.4) is 0 Å². The highest BCUT2D eigenvalue weighted by molar-refractivity contribution is 9.10. The van der Waals surface area contributed by atoms with Crippen molar-refractivity contribution < 1.29 is 26.1 Å². The molecular weight excluding hydrogens is 463 g/mol. The Morgan fingerprint density at radius 1 is 1.07 bits per heavy atom. The van der Waals surface area contributed by atoms with Crippen molar-refractivity contribution in [3.8, 4) is 0 Å². The van der Waals surface area contributed by atoms with Gasteiger partial charge in [-0.05, 0) is 42.0 Å². The molecule has 0 bridgehead atoms. The highest BCUT2D eigenvalue weighted by Crippen LogP contribution is 2.27. The van der Waals surface area contributed by atoms with Crippen LogP contribution >= 0.6 is 15.9 Å². The molecule has 0 aliphatic heterocycles. The number of nitrogens with one attached hydrogen (secondary N) is 1. The Morgan fingerprint density at radius 3 is 2.50 bits per heavy atom. The van der Waals surface area contributed by atoms with Gasteiger partial charge >= 0.3 is 12.1 Å². The van der Waals surface area contributed by atoms with Gasteiger partial charge in [0.1, 0.15) is 0 Å². The normalized spacial score (nSPS) is 12.4. The summed E-state index contributed by atoms with van der Waals surface area (Å²) in [5, 5.41) is 3.21. The van der Waals surface area contributed by atoms with Gasteiger partial charge in [0.2, 0.25) is 0 Å². The Hall–Kier alpha value is -2.66. The molecule has 3 aromatic rings. The molecular formula is C17H11BrF3N3O3S. The van der Waals surface area contributed by atoms with Gasteiger partial charge in [-0.25, -0.2) is 8.42 Å². The average molecular weight is 474 g/mol. The number of sulfonamides is 1. The van der Waals surface area contributed by atoms with Crippen LogP contribution in [-0.4, -0.2) is 18.6 Å². The van der Waals surface area contributed by atoms with Crippen molar-refractivity contribution in [2.45, 2.75) is 11.1 Å². The van der Waals surface area contributed by atoms with Gasteiger partial charge in [0.25, 0.3) is 10.0 Å². The van der Waals surface area contributed by atoms with Crippen molar-refractivity contribution in [3.05, 3.63) is 70.3 Å². The zero-order valence-electron chi connectivity index (χ0n) is 13.8. The minimum atomic E-state index is -4.73. The van der Waals surface area contributed by atoms with Gasteiger partial charge in [-0.3, -0.25) is 4.72 Å². The van der Waals surface area contributed by atoms with Gasteiger partial charge in [-0.15, -0.1) is 0 Å². The second-order valence-corrected chi connectivity index (χ2v) is 8.08. The monoisotopic (exact) mass is 473 g/mol. The van der Waals surface area contributed by atoms with E-state index in [9.17, 15) is 21.6 Å². The summed E-state index contributed by atoms with van der Waals surface area (Å²) in [6, 6.07) is 12.5. The van der Waals surface area contributed by atoms with Crippen LogP contribution in [-0.2, 0) is 16.2 Å². The van der Waals surface area contributed by atoms with Crippen LogP contribution in [0.2, 0.25) is 0 Å². The molecule has 0 atom stereocenters. The van der Waals surface area contributed by atoms with Crippen molar-refractivity contribution >= 4 is 43.8 Å². The first kappa shape index (κ1) is 20.1. The second-order valence-electron chi connectivity index (χ2n) is 5.48. The fraction of sp³-hybridized carbons (Fsp3) is 0.0588.